The summed E-state index contributed by atoms with van der Waals surface area (Å²) in [5.41, 5.74) is 0.701. The third-order valence-electron chi connectivity index (χ3n) is 6.23. The Kier molecular flexibility index (Phi) is 6.66. The molecule has 1 aliphatic heterocycles. The van der Waals surface area contributed by atoms with E-state index in [-0.39, 0.29) is 48.8 Å². The van der Waals surface area contributed by atoms with Gasteiger partial charge in [0.1, 0.15) is 5.75 Å². The number of non-ortho nitro benzene ring substituents is 1. The molecule has 10 heteroatoms. The molecular formula is C23H27N3O6S. The van der Waals surface area contributed by atoms with Gasteiger partial charge >= 0.3 is 0 Å². The van der Waals surface area contributed by atoms with Crippen LogP contribution in [0.2, 0.25) is 0 Å². The van der Waals surface area contributed by atoms with Gasteiger partial charge in [-0.3, -0.25) is 14.9 Å². The van der Waals surface area contributed by atoms with E-state index in [0.29, 0.717) is 11.1 Å². The fourth-order valence-corrected chi connectivity index (χ4v) is 5.97. The minimum atomic E-state index is -3.91. The molecule has 176 valence electrons. The Balaban J connectivity index is 1.39. The van der Waals surface area contributed by atoms with Crippen LogP contribution >= 0.6 is 0 Å². The highest BCUT2D eigenvalue weighted by molar-refractivity contribution is 7.89. The molecule has 0 unspecified atom stereocenters. The van der Waals surface area contributed by atoms with Gasteiger partial charge in [-0.15, -0.1) is 0 Å². The number of hydrogen-bond acceptors (Lipinski definition) is 6. The van der Waals surface area contributed by atoms with E-state index < -0.39 is 14.9 Å². The van der Waals surface area contributed by atoms with Crippen LogP contribution in [0.4, 0.5) is 5.69 Å². The van der Waals surface area contributed by atoms with Gasteiger partial charge in [-0.1, -0.05) is 6.07 Å². The van der Waals surface area contributed by atoms with Gasteiger partial charge in [0, 0.05) is 43.9 Å². The molecular weight excluding hydrogens is 446 g/mol. The average molecular weight is 474 g/mol. The number of rotatable bonds is 6. The first-order chi connectivity index (χ1) is 15.8. The van der Waals surface area contributed by atoms with Gasteiger partial charge in [-0.05, 0) is 62.4 Å². The first-order valence-electron chi connectivity index (χ1n) is 11.1. The quantitative estimate of drug-likeness (QED) is 0.470. The van der Waals surface area contributed by atoms with Gasteiger partial charge in [0.2, 0.25) is 10.0 Å². The number of carbonyl (C=O) groups excluding carboxylic acids is 1. The van der Waals surface area contributed by atoms with Crippen molar-refractivity contribution in [3.05, 3.63) is 63.7 Å². The molecule has 0 N–H and O–H groups in total. The van der Waals surface area contributed by atoms with Crippen molar-refractivity contribution >= 4 is 21.6 Å². The lowest BCUT2D eigenvalue weighted by atomic mass is 10.1. The standard InChI is InChI=1S/C23H27N3O6S/c1-17-6-9-19(26(28)29)16-22(17)33(30,31)25-14-12-24(13-15-25)23(27)18-7-10-21(11-8-18)32-20-4-2-3-5-20/h6-11,16,20H,2-5,12-15H2,1H3. The minimum absolute atomic E-state index is 0.0747. The van der Waals surface area contributed by atoms with Gasteiger partial charge in [-0.2, -0.15) is 4.31 Å². The van der Waals surface area contributed by atoms with E-state index in [1.165, 1.54) is 29.3 Å². The SMILES string of the molecule is Cc1ccc([N+](=O)[O-])cc1S(=O)(=O)N1CCN(C(=O)c2ccc(OC3CCCC3)cc2)CC1. The van der Waals surface area contributed by atoms with Crippen LogP contribution in [0.1, 0.15) is 41.6 Å². The zero-order chi connectivity index (χ0) is 23.6. The van der Waals surface area contributed by atoms with E-state index in [1.807, 2.05) is 0 Å². The lowest BCUT2D eigenvalue weighted by Crippen LogP contribution is -2.50. The maximum absolute atomic E-state index is 13.1. The van der Waals surface area contributed by atoms with E-state index in [2.05, 4.69) is 0 Å². The third kappa shape index (κ3) is 5.01. The largest absolute Gasteiger partial charge is 0.490 e. The van der Waals surface area contributed by atoms with E-state index in [4.69, 9.17) is 4.74 Å². The second-order valence-corrected chi connectivity index (χ2v) is 10.4. The first kappa shape index (κ1) is 23.2. The van der Waals surface area contributed by atoms with Crippen molar-refractivity contribution in [2.24, 2.45) is 0 Å². The number of carbonyl (C=O) groups is 1. The Labute approximate surface area is 193 Å². The highest BCUT2D eigenvalue weighted by atomic mass is 32.2. The number of aryl methyl sites for hydroxylation is 1. The zero-order valence-corrected chi connectivity index (χ0v) is 19.3. The summed E-state index contributed by atoms with van der Waals surface area (Å²) in [5, 5.41) is 11.1. The third-order valence-corrected chi connectivity index (χ3v) is 8.27. The molecule has 0 bridgehead atoms. The number of sulfonamides is 1. The van der Waals surface area contributed by atoms with Gasteiger partial charge in [0.25, 0.3) is 11.6 Å². The maximum atomic E-state index is 13.1. The minimum Gasteiger partial charge on any atom is -0.490 e. The fraction of sp³-hybridized carbons (Fsp3) is 0.435. The number of nitro benzene ring substituents is 1. The Morgan fingerprint density at radius 3 is 2.27 bits per heavy atom. The monoisotopic (exact) mass is 473 g/mol. The van der Waals surface area contributed by atoms with Gasteiger partial charge < -0.3 is 9.64 Å². The molecule has 1 saturated carbocycles. The van der Waals surface area contributed by atoms with Crippen LogP contribution < -0.4 is 4.74 Å². The van der Waals surface area contributed by atoms with Crippen molar-refractivity contribution in [1.82, 2.24) is 9.21 Å². The van der Waals surface area contributed by atoms with Crippen LogP contribution in [-0.2, 0) is 10.0 Å². The molecule has 9 nitrogen and oxygen atoms in total. The van der Waals surface area contributed by atoms with E-state index in [1.54, 1.807) is 36.1 Å². The lowest BCUT2D eigenvalue weighted by molar-refractivity contribution is -0.385. The lowest BCUT2D eigenvalue weighted by Gasteiger charge is -2.34. The summed E-state index contributed by atoms with van der Waals surface area (Å²) in [6.45, 7) is 2.34. The van der Waals surface area contributed by atoms with Crippen molar-refractivity contribution in [2.45, 2.75) is 43.6 Å². The van der Waals surface area contributed by atoms with Crippen LogP contribution in [0.15, 0.2) is 47.4 Å². The first-order valence-corrected chi connectivity index (χ1v) is 12.5. The highest BCUT2D eigenvalue weighted by Gasteiger charge is 2.32. The van der Waals surface area contributed by atoms with E-state index >= 15 is 0 Å². The molecule has 0 atom stereocenters. The molecule has 33 heavy (non-hydrogen) atoms. The van der Waals surface area contributed by atoms with Crippen molar-refractivity contribution in [1.29, 1.82) is 0 Å². The van der Waals surface area contributed by atoms with Gasteiger partial charge in [-0.25, -0.2) is 8.42 Å². The average Bonchev–Trinajstić information content (AvgIpc) is 3.32. The second-order valence-electron chi connectivity index (χ2n) is 8.45. The molecule has 1 saturated heterocycles. The second kappa shape index (κ2) is 9.48. The molecule has 0 radical (unpaired) electrons. The van der Waals surface area contributed by atoms with Crippen molar-refractivity contribution < 1.29 is 22.9 Å². The Hall–Kier alpha value is -2.98. The van der Waals surface area contributed by atoms with Crippen molar-refractivity contribution in [3.63, 3.8) is 0 Å². The number of benzene rings is 2. The topological polar surface area (TPSA) is 110 Å². The molecule has 2 aromatic carbocycles. The molecule has 0 aromatic heterocycles. The molecule has 0 spiro atoms. The van der Waals surface area contributed by atoms with Crippen LogP contribution in [-0.4, -0.2) is 60.7 Å². The molecule has 4 rings (SSSR count). The summed E-state index contributed by atoms with van der Waals surface area (Å²) in [6, 6.07) is 10.9. The summed E-state index contributed by atoms with van der Waals surface area (Å²) in [7, 11) is -3.91. The van der Waals surface area contributed by atoms with Crippen LogP contribution in [0.3, 0.4) is 0 Å². The molecule has 2 fully saturated rings. The summed E-state index contributed by atoms with van der Waals surface area (Å²) >= 11 is 0. The predicted octanol–water partition coefficient (Wildman–Crippen LogP) is 3.37. The summed E-state index contributed by atoms with van der Waals surface area (Å²) in [6.07, 6.45) is 4.73. The number of ether oxygens (including phenoxy) is 1. The fourth-order valence-electron chi connectivity index (χ4n) is 4.31. The van der Waals surface area contributed by atoms with Crippen LogP contribution in [0.5, 0.6) is 5.75 Å². The van der Waals surface area contributed by atoms with Gasteiger partial charge in [0.15, 0.2) is 0 Å². The van der Waals surface area contributed by atoms with E-state index in [0.717, 1.165) is 24.7 Å². The highest BCUT2D eigenvalue weighted by Crippen LogP contribution is 2.27. The van der Waals surface area contributed by atoms with Crippen LogP contribution in [0, 0.1) is 17.0 Å². The van der Waals surface area contributed by atoms with E-state index in [9.17, 15) is 23.3 Å². The Morgan fingerprint density at radius 2 is 1.67 bits per heavy atom. The zero-order valence-electron chi connectivity index (χ0n) is 18.5. The Bertz CT molecular complexity index is 1140. The van der Waals surface area contributed by atoms with Gasteiger partial charge in [0.05, 0.1) is 15.9 Å². The summed E-state index contributed by atoms with van der Waals surface area (Å²) < 4.78 is 33.4. The predicted molar refractivity (Wildman–Crippen MR) is 122 cm³/mol. The molecule has 1 amide bonds. The van der Waals surface area contributed by atoms with Crippen molar-refractivity contribution in [3.8, 4) is 5.75 Å². The molecule has 2 aliphatic rings. The van der Waals surface area contributed by atoms with Crippen molar-refractivity contribution in [2.75, 3.05) is 26.2 Å². The number of nitrogens with zero attached hydrogens (tertiary/aromatic N) is 3. The number of nitro groups is 1. The normalized spacial score (nSPS) is 17.8. The number of piperazine rings is 1. The van der Waals surface area contributed by atoms with Crippen LogP contribution in [0.25, 0.3) is 0 Å². The molecule has 1 heterocycles. The Morgan fingerprint density at radius 1 is 1.03 bits per heavy atom. The molecule has 1 aliphatic carbocycles. The number of hydrogen-bond donors (Lipinski definition) is 0. The summed E-state index contributed by atoms with van der Waals surface area (Å²) in [5.74, 6) is 0.590. The molecule has 2 aromatic rings. The summed E-state index contributed by atoms with van der Waals surface area (Å²) in [4.78, 5) is 24.9. The number of amides is 1. The smallest absolute Gasteiger partial charge is 0.270 e. The maximum Gasteiger partial charge on any atom is 0.270 e.